The summed E-state index contributed by atoms with van der Waals surface area (Å²) in [6, 6.07) is 8.73. The SMILES string of the molecule is CC(=O)CCCn1cc(-c2cn(S(=O)(=O)c3ccc(C)cc3)c3ncc(Br)cc23)c(C2CC2)n1. The molecule has 9 heteroatoms. The van der Waals surface area contributed by atoms with Gasteiger partial charge in [-0.15, -0.1) is 0 Å². The maximum absolute atomic E-state index is 13.6. The number of hydrogen-bond acceptors (Lipinski definition) is 5. The lowest BCUT2D eigenvalue weighted by molar-refractivity contribution is -0.117. The Bertz CT molecular complexity index is 1500. The van der Waals surface area contributed by atoms with Crippen LogP contribution in [0.2, 0.25) is 0 Å². The Hall–Kier alpha value is -2.78. The van der Waals surface area contributed by atoms with E-state index >= 15 is 0 Å². The molecule has 1 aromatic carbocycles. The Kier molecular flexibility index (Phi) is 5.93. The molecule has 1 fully saturated rings. The van der Waals surface area contributed by atoms with Crippen molar-refractivity contribution in [3.05, 3.63) is 64.7 Å². The number of ketones is 1. The topological polar surface area (TPSA) is 86.9 Å². The first-order valence-corrected chi connectivity index (χ1v) is 13.5. The van der Waals surface area contributed by atoms with E-state index in [-0.39, 0.29) is 10.7 Å². The molecule has 3 heterocycles. The summed E-state index contributed by atoms with van der Waals surface area (Å²) in [7, 11) is -3.84. The van der Waals surface area contributed by atoms with Gasteiger partial charge in [-0.3, -0.25) is 4.68 Å². The number of aromatic nitrogens is 4. The van der Waals surface area contributed by atoms with E-state index in [0.29, 0.717) is 24.5 Å². The predicted octanol–water partition coefficient (Wildman–Crippen LogP) is 5.45. The molecule has 3 aromatic heterocycles. The Morgan fingerprint density at radius 1 is 1.15 bits per heavy atom. The number of pyridine rings is 1. The Morgan fingerprint density at radius 3 is 2.56 bits per heavy atom. The van der Waals surface area contributed by atoms with Gasteiger partial charge in [0.2, 0.25) is 0 Å². The maximum atomic E-state index is 13.6. The van der Waals surface area contributed by atoms with Crippen LogP contribution >= 0.6 is 15.9 Å². The van der Waals surface area contributed by atoms with Crippen molar-refractivity contribution in [1.82, 2.24) is 18.7 Å². The van der Waals surface area contributed by atoms with E-state index in [4.69, 9.17) is 5.10 Å². The third-order valence-corrected chi connectivity index (χ3v) is 8.21. The van der Waals surface area contributed by atoms with E-state index in [2.05, 4.69) is 20.9 Å². The summed E-state index contributed by atoms with van der Waals surface area (Å²) in [5.74, 6) is 0.534. The van der Waals surface area contributed by atoms with Crippen molar-refractivity contribution in [3.8, 4) is 11.1 Å². The Labute approximate surface area is 207 Å². The van der Waals surface area contributed by atoms with Gasteiger partial charge in [0, 0.05) is 58.5 Å². The molecule has 1 aliphatic rings. The second kappa shape index (κ2) is 8.78. The smallest absolute Gasteiger partial charge is 0.269 e. The number of rotatable bonds is 8. The van der Waals surface area contributed by atoms with Crippen LogP contribution < -0.4 is 0 Å². The summed E-state index contributed by atoms with van der Waals surface area (Å²) in [5, 5.41) is 5.57. The van der Waals surface area contributed by atoms with Crippen LogP contribution in [0, 0.1) is 6.92 Å². The van der Waals surface area contributed by atoms with Crippen molar-refractivity contribution in [2.24, 2.45) is 0 Å². The van der Waals surface area contributed by atoms with Gasteiger partial charge >= 0.3 is 0 Å². The average Bonchev–Trinajstić information content (AvgIpc) is 3.44. The first-order valence-electron chi connectivity index (χ1n) is 11.3. The molecule has 0 saturated heterocycles. The zero-order valence-corrected chi connectivity index (χ0v) is 21.4. The number of Topliss-reactive ketones (excluding diaryl/α,β-unsaturated/α-hetero) is 1. The molecule has 0 atom stereocenters. The molecule has 1 saturated carbocycles. The fourth-order valence-electron chi connectivity index (χ4n) is 4.18. The number of carbonyl (C=O) groups is 1. The van der Waals surface area contributed by atoms with E-state index in [1.165, 1.54) is 3.97 Å². The van der Waals surface area contributed by atoms with Crippen LogP contribution in [0.4, 0.5) is 0 Å². The molecule has 4 aromatic rings. The Morgan fingerprint density at radius 2 is 1.88 bits per heavy atom. The van der Waals surface area contributed by atoms with Gasteiger partial charge in [0.15, 0.2) is 5.65 Å². The standard InChI is InChI=1S/C25H25BrN4O3S/c1-16-5-9-20(10-6-16)34(32,33)30-15-22(21-12-19(26)13-27-25(21)30)23-14-29(11-3-4-17(2)31)28-24(23)18-7-8-18/h5-6,9-10,12-15,18H,3-4,7-8,11H2,1-2H3. The molecular formula is C25H25BrN4O3S. The van der Waals surface area contributed by atoms with Crippen molar-refractivity contribution in [2.45, 2.75) is 56.9 Å². The predicted molar refractivity (Wildman–Crippen MR) is 134 cm³/mol. The first kappa shape index (κ1) is 23.0. The van der Waals surface area contributed by atoms with Gasteiger partial charge in [-0.2, -0.15) is 5.10 Å². The molecule has 0 aliphatic heterocycles. The normalized spacial score (nSPS) is 14.1. The third kappa shape index (κ3) is 4.34. The number of benzene rings is 1. The minimum absolute atomic E-state index is 0.162. The summed E-state index contributed by atoms with van der Waals surface area (Å²) < 4.78 is 31.1. The van der Waals surface area contributed by atoms with E-state index in [1.54, 1.807) is 43.6 Å². The van der Waals surface area contributed by atoms with Gasteiger partial charge < -0.3 is 4.79 Å². The summed E-state index contributed by atoms with van der Waals surface area (Å²) in [4.78, 5) is 16.0. The molecule has 0 unspecified atom stereocenters. The number of hydrogen-bond donors (Lipinski definition) is 0. The van der Waals surface area contributed by atoms with Crippen molar-refractivity contribution in [1.29, 1.82) is 0 Å². The van der Waals surface area contributed by atoms with E-state index in [1.807, 2.05) is 23.9 Å². The molecule has 0 N–H and O–H groups in total. The van der Waals surface area contributed by atoms with Crippen LogP contribution in [0.3, 0.4) is 0 Å². The molecule has 1 aliphatic carbocycles. The highest BCUT2D eigenvalue weighted by Crippen LogP contribution is 2.45. The van der Waals surface area contributed by atoms with Gasteiger partial charge in [-0.1, -0.05) is 17.7 Å². The fraction of sp³-hybridized carbons (Fsp3) is 0.320. The largest absolute Gasteiger partial charge is 0.300 e. The molecular weight excluding hydrogens is 516 g/mol. The van der Waals surface area contributed by atoms with E-state index in [9.17, 15) is 13.2 Å². The second-order valence-electron chi connectivity index (χ2n) is 8.95. The first-order chi connectivity index (χ1) is 16.2. The summed E-state index contributed by atoms with van der Waals surface area (Å²) >= 11 is 3.49. The molecule has 0 radical (unpaired) electrons. The summed E-state index contributed by atoms with van der Waals surface area (Å²) in [6.07, 6.45) is 8.63. The van der Waals surface area contributed by atoms with Crippen LogP contribution in [0.15, 0.2) is 58.3 Å². The maximum Gasteiger partial charge on any atom is 0.269 e. The second-order valence-corrected chi connectivity index (χ2v) is 11.7. The number of nitrogens with zero attached hydrogens (tertiary/aromatic N) is 4. The number of fused-ring (bicyclic) bond motifs is 1. The summed E-state index contributed by atoms with van der Waals surface area (Å²) in [6.45, 7) is 4.16. The molecule has 0 bridgehead atoms. The molecule has 0 amide bonds. The molecule has 176 valence electrons. The van der Waals surface area contributed by atoms with Gasteiger partial charge in [-0.05, 0) is 67.2 Å². The fourth-order valence-corrected chi connectivity index (χ4v) is 5.84. The lowest BCUT2D eigenvalue weighted by Gasteiger charge is -2.07. The van der Waals surface area contributed by atoms with Crippen molar-refractivity contribution >= 4 is 42.8 Å². The highest BCUT2D eigenvalue weighted by atomic mass is 79.9. The van der Waals surface area contributed by atoms with Crippen LogP contribution in [-0.2, 0) is 21.4 Å². The highest BCUT2D eigenvalue weighted by molar-refractivity contribution is 9.10. The van der Waals surface area contributed by atoms with Gasteiger partial charge in [0.25, 0.3) is 10.0 Å². The molecule has 34 heavy (non-hydrogen) atoms. The Balaban J connectivity index is 1.65. The van der Waals surface area contributed by atoms with Gasteiger partial charge in [0.05, 0.1) is 10.6 Å². The van der Waals surface area contributed by atoms with Crippen molar-refractivity contribution < 1.29 is 13.2 Å². The summed E-state index contributed by atoms with van der Waals surface area (Å²) in [5.41, 5.74) is 4.07. The lowest BCUT2D eigenvalue weighted by atomic mass is 10.0. The van der Waals surface area contributed by atoms with Gasteiger partial charge in [0.1, 0.15) is 5.78 Å². The molecule has 5 rings (SSSR count). The van der Waals surface area contributed by atoms with E-state index < -0.39 is 10.0 Å². The van der Waals surface area contributed by atoms with Crippen molar-refractivity contribution in [3.63, 3.8) is 0 Å². The third-order valence-electron chi connectivity index (χ3n) is 6.12. The van der Waals surface area contributed by atoms with Crippen LogP contribution in [0.25, 0.3) is 22.2 Å². The zero-order valence-electron chi connectivity index (χ0n) is 19.0. The number of aryl methyl sites for hydroxylation is 2. The highest BCUT2D eigenvalue weighted by Gasteiger charge is 2.32. The zero-order chi connectivity index (χ0) is 24.0. The average molecular weight is 541 g/mol. The van der Waals surface area contributed by atoms with Crippen LogP contribution in [0.5, 0.6) is 0 Å². The van der Waals surface area contributed by atoms with Crippen LogP contribution in [-0.4, -0.2) is 32.9 Å². The minimum Gasteiger partial charge on any atom is -0.300 e. The molecule has 0 spiro atoms. The lowest BCUT2D eigenvalue weighted by Crippen LogP contribution is -2.12. The quantitative estimate of drug-likeness (QED) is 0.296. The van der Waals surface area contributed by atoms with Gasteiger partial charge in [-0.25, -0.2) is 17.4 Å². The van der Waals surface area contributed by atoms with E-state index in [0.717, 1.165) is 51.5 Å². The monoisotopic (exact) mass is 540 g/mol. The number of halogens is 1. The van der Waals surface area contributed by atoms with Crippen molar-refractivity contribution in [2.75, 3.05) is 0 Å². The number of carbonyl (C=O) groups excluding carboxylic acids is 1. The molecule has 7 nitrogen and oxygen atoms in total. The minimum atomic E-state index is -3.84. The van der Waals surface area contributed by atoms with Crippen LogP contribution in [0.1, 0.15) is 49.8 Å².